The molecule has 0 saturated heterocycles. The van der Waals surface area contributed by atoms with E-state index in [1.165, 1.54) is 0 Å². The van der Waals surface area contributed by atoms with Gasteiger partial charge in [-0.1, -0.05) is 0 Å². The molecule has 0 radical (unpaired) electrons. The van der Waals surface area contributed by atoms with Crippen LogP contribution >= 0.6 is 0 Å². The van der Waals surface area contributed by atoms with E-state index >= 15 is 0 Å². The molecule has 0 aromatic carbocycles. The highest BCUT2D eigenvalue weighted by atomic mass is 32.2. The fraction of sp³-hybridized carbons (Fsp3) is 0.375. The Bertz CT molecular complexity index is 691. The number of hydrogen-bond acceptors (Lipinski definition) is 12. The predicted molar refractivity (Wildman–Crippen MR) is 59.6 cm³/mol. The lowest BCUT2D eigenvalue weighted by molar-refractivity contribution is -0.333. The van der Waals surface area contributed by atoms with E-state index in [1.54, 1.807) is 0 Å². The second-order valence-corrected chi connectivity index (χ2v) is 5.29. The molecule has 13 nitrogen and oxygen atoms in total. The van der Waals surface area contributed by atoms with E-state index in [2.05, 4.69) is 23.7 Å². The van der Waals surface area contributed by atoms with Crippen molar-refractivity contribution in [3.63, 3.8) is 0 Å². The zero-order chi connectivity index (χ0) is 21.6. The maximum atomic E-state index is 12.4. The molecule has 0 unspecified atom stereocenters. The summed E-state index contributed by atoms with van der Waals surface area (Å²) in [5.74, 6) is -4.62. The van der Waals surface area contributed by atoms with Crippen LogP contribution in [0.25, 0.3) is 0 Å². The first-order chi connectivity index (χ1) is 12.0. The molecule has 19 heteroatoms. The minimum atomic E-state index is -6.46. The molecule has 154 valence electrons. The quantitative estimate of drug-likeness (QED) is 0.253. The van der Waals surface area contributed by atoms with Gasteiger partial charge in [-0.2, -0.15) is 8.42 Å². The topological polar surface area (TPSA) is 186 Å². The number of rotatable bonds is 8. The highest BCUT2D eigenvalue weighted by molar-refractivity contribution is 7.86. The van der Waals surface area contributed by atoms with Gasteiger partial charge in [-0.15, -0.1) is 22.0 Å². The molecule has 27 heavy (non-hydrogen) atoms. The van der Waals surface area contributed by atoms with Crippen molar-refractivity contribution in [3.05, 3.63) is 0 Å². The van der Waals surface area contributed by atoms with Gasteiger partial charge in [0.15, 0.2) is 6.42 Å². The van der Waals surface area contributed by atoms with Crippen molar-refractivity contribution in [3.8, 4) is 0 Å². The first kappa shape index (κ1) is 23.9. The van der Waals surface area contributed by atoms with Gasteiger partial charge in [0.25, 0.3) is 0 Å². The highest BCUT2D eigenvalue weighted by Crippen LogP contribution is 2.36. The molecule has 0 fully saturated rings. The van der Waals surface area contributed by atoms with Crippen LogP contribution < -0.4 is 0 Å². The van der Waals surface area contributed by atoms with E-state index in [-0.39, 0.29) is 0 Å². The van der Waals surface area contributed by atoms with Crippen LogP contribution in [-0.2, 0) is 33.8 Å². The van der Waals surface area contributed by atoms with E-state index in [9.17, 15) is 54.3 Å². The Kier molecular flexibility index (Phi) is 7.55. The van der Waals surface area contributed by atoms with Gasteiger partial charge < -0.3 is 23.7 Å². The van der Waals surface area contributed by atoms with E-state index in [1.807, 2.05) is 0 Å². The van der Waals surface area contributed by atoms with Crippen molar-refractivity contribution >= 4 is 41.2 Å². The summed E-state index contributed by atoms with van der Waals surface area (Å²) in [5.41, 5.74) is 0. The Morgan fingerprint density at radius 3 is 1.11 bits per heavy atom. The van der Waals surface area contributed by atoms with Crippen LogP contribution in [-0.4, -0.2) is 55.2 Å². The number of halogens is 5. The van der Waals surface area contributed by atoms with E-state index in [4.69, 9.17) is 4.55 Å². The fourth-order valence-electron chi connectivity index (χ4n) is 1.34. The molecule has 0 aromatic heterocycles. The number of carbonyl (C=O) groups is 5. The Morgan fingerprint density at radius 2 is 0.926 bits per heavy atom. The van der Waals surface area contributed by atoms with Gasteiger partial charge in [0.2, 0.25) is 0 Å². The summed E-state index contributed by atoms with van der Waals surface area (Å²) in [6.07, 6.45) is -19.3. The van der Waals surface area contributed by atoms with Gasteiger partial charge >= 0.3 is 52.3 Å². The Labute approximate surface area is 142 Å². The molecule has 0 spiro atoms. The zero-order valence-electron chi connectivity index (χ0n) is 11.9. The molecule has 1 N–H and O–H groups in total. The van der Waals surface area contributed by atoms with Crippen LogP contribution in [0.3, 0.4) is 0 Å². The number of ether oxygens (including phenoxy) is 5. The van der Waals surface area contributed by atoms with Gasteiger partial charge in [-0.25, -0.2) is 24.0 Å². The van der Waals surface area contributed by atoms with Gasteiger partial charge in [-0.05, 0) is 0 Å². The maximum Gasteiger partial charge on any atom is 0.501 e. The zero-order valence-corrected chi connectivity index (χ0v) is 12.7. The summed E-state index contributed by atoms with van der Waals surface area (Å²) < 4.78 is 109. The summed E-state index contributed by atoms with van der Waals surface area (Å²) in [7, 11) is -6.46. The SMILES string of the molecule is O=C(F)OC(CC(OC(=O)F)(OC(=O)F)S(=O)(=O)O)(OC(=O)F)OC(=O)F. The normalized spacial score (nSPS) is 11.8. The average Bonchev–Trinajstić information content (AvgIpc) is 2.31. The largest absolute Gasteiger partial charge is 0.501 e. The molecule has 0 heterocycles. The van der Waals surface area contributed by atoms with E-state index < -0.39 is 58.7 Å². The molecule has 0 atom stereocenters. The smallest absolute Gasteiger partial charge is 0.380 e. The molecule has 0 aliphatic heterocycles. The second kappa shape index (κ2) is 8.53. The van der Waals surface area contributed by atoms with Crippen molar-refractivity contribution in [2.75, 3.05) is 0 Å². The highest BCUT2D eigenvalue weighted by Gasteiger charge is 2.63. The van der Waals surface area contributed by atoms with Gasteiger partial charge in [0, 0.05) is 0 Å². The number of carbonyl (C=O) groups excluding carboxylic acids is 5. The molecule has 0 saturated carbocycles. The summed E-state index contributed by atoms with van der Waals surface area (Å²) in [4.78, 5) is 51.6. The van der Waals surface area contributed by atoms with Crippen LogP contribution in [0.15, 0.2) is 0 Å². The van der Waals surface area contributed by atoms with Crippen molar-refractivity contribution in [2.45, 2.75) is 17.5 Å². The first-order valence-corrected chi connectivity index (χ1v) is 6.87. The van der Waals surface area contributed by atoms with Crippen molar-refractivity contribution < 1.29 is 82.6 Å². The summed E-state index contributed by atoms with van der Waals surface area (Å²) in [5, 5.41) is -4.83. The molecule has 0 bridgehead atoms. The maximum absolute atomic E-state index is 12.4. The summed E-state index contributed by atoms with van der Waals surface area (Å²) in [6.45, 7) is 0. The third-order valence-corrected chi connectivity index (χ3v) is 3.10. The minimum absolute atomic E-state index is 2.84. The molecule has 0 aliphatic rings. The van der Waals surface area contributed by atoms with Crippen molar-refractivity contribution in [1.82, 2.24) is 0 Å². The lowest BCUT2D eigenvalue weighted by Gasteiger charge is -2.33. The van der Waals surface area contributed by atoms with Gasteiger partial charge in [-0.3, -0.25) is 4.55 Å². The standard InChI is InChI=1S/C8H3F5O13S/c9-2(14)22-7(23-3(10)15,24-4(11)16)1-8(25-5(12)17,26-6(13)18)27(19,20)21/h1H2,(H,19,20,21). The summed E-state index contributed by atoms with van der Waals surface area (Å²) in [6, 6.07) is 0. The van der Waals surface area contributed by atoms with Crippen LogP contribution in [0.2, 0.25) is 0 Å². The molecule has 0 amide bonds. The number of hydrogen-bond donors (Lipinski definition) is 1. The third kappa shape index (κ3) is 7.35. The van der Waals surface area contributed by atoms with Gasteiger partial charge in [0.1, 0.15) is 0 Å². The summed E-state index contributed by atoms with van der Waals surface area (Å²) >= 11 is 0. The lowest BCUT2D eigenvalue weighted by atomic mass is 10.3. The molecular formula is C8H3F5O13S. The van der Waals surface area contributed by atoms with Gasteiger partial charge in [0.05, 0.1) is 0 Å². The molecule has 0 rings (SSSR count). The van der Waals surface area contributed by atoms with Crippen molar-refractivity contribution in [1.29, 1.82) is 0 Å². The second-order valence-electron chi connectivity index (χ2n) is 3.72. The Balaban J connectivity index is 6.64. The third-order valence-electron chi connectivity index (χ3n) is 2.00. The molecular weight excluding hydrogens is 431 g/mol. The van der Waals surface area contributed by atoms with E-state index in [0.29, 0.717) is 0 Å². The molecule has 0 aliphatic carbocycles. The van der Waals surface area contributed by atoms with Crippen molar-refractivity contribution in [2.24, 2.45) is 0 Å². The Morgan fingerprint density at radius 1 is 0.667 bits per heavy atom. The average molecular weight is 434 g/mol. The monoisotopic (exact) mass is 434 g/mol. The minimum Gasteiger partial charge on any atom is -0.380 e. The van der Waals surface area contributed by atoms with Crippen LogP contribution in [0.4, 0.5) is 45.9 Å². The van der Waals surface area contributed by atoms with Crippen LogP contribution in [0.1, 0.15) is 6.42 Å². The lowest BCUT2D eigenvalue weighted by Crippen LogP contribution is -2.55. The first-order valence-electron chi connectivity index (χ1n) is 5.43. The predicted octanol–water partition coefficient (Wildman–Crippen LogP) is 2.10. The molecule has 0 aromatic rings. The Hall–Kier alpha value is -3.09. The fourth-order valence-corrected chi connectivity index (χ4v) is 2.04. The van der Waals surface area contributed by atoms with E-state index in [0.717, 1.165) is 0 Å². The van der Waals surface area contributed by atoms with Crippen LogP contribution in [0, 0.1) is 0 Å². The van der Waals surface area contributed by atoms with Crippen LogP contribution in [0.5, 0.6) is 0 Å².